The van der Waals surface area contributed by atoms with Crippen molar-refractivity contribution in [3.63, 3.8) is 0 Å². The van der Waals surface area contributed by atoms with Gasteiger partial charge in [-0.2, -0.15) is 9.65 Å². The highest BCUT2D eigenvalue weighted by Crippen LogP contribution is 2.32. The fourth-order valence-corrected chi connectivity index (χ4v) is 5.59. The van der Waals surface area contributed by atoms with E-state index in [2.05, 4.69) is 15.7 Å². The molecule has 3 aliphatic heterocycles. The average Bonchev–Trinajstić information content (AvgIpc) is 3.51. The Labute approximate surface area is 206 Å². The van der Waals surface area contributed by atoms with Gasteiger partial charge in [0.25, 0.3) is 5.56 Å². The SMILES string of the molecule is CN1NCc2cc(-n3c(-c4ccc(C#N)c(F)c4)nc(N4CCC5NCCC5C4)c(F)c3=O)ccc21. The highest BCUT2D eigenvalue weighted by atomic mass is 19.1. The molecule has 184 valence electrons. The Morgan fingerprint density at radius 3 is 2.83 bits per heavy atom. The first kappa shape index (κ1) is 22.6. The average molecular weight is 490 g/mol. The summed E-state index contributed by atoms with van der Waals surface area (Å²) < 4.78 is 31.5. The van der Waals surface area contributed by atoms with Gasteiger partial charge in [0.05, 0.1) is 16.9 Å². The van der Waals surface area contributed by atoms with E-state index < -0.39 is 17.2 Å². The van der Waals surface area contributed by atoms with Crippen molar-refractivity contribution in [2.45, 2.75) is 25.4 Å². The first-order valence-corrected chi connectivity index (χ1v) is 12.1. The van der Waals surface area contributed by atoms with Gasteiger partial charge in [0, 0.05) is 38.3 Å². The van der Waals surface area contributed by atoms with Crippen molar-refractivity contribution in [2.24, 2.45) is 5.92 Å². The van der Waals surface area contributed by atoms with E-state index in [1.165, 1.54) is 22.8 Å². The van der Waals surface area contributed by atoms with Crippen molar-refractivity contribution in [1.82, 2.24) is 20.3 Å². The van der Waals surface area contributed by atoms with Crippen LogP contribution in [0.15, 0.2) is 41.2 Å². The van der Waals surface area contributed by atoms with Crippen LogP contribution in [0.5, 0.6) is 0 Å². The van der Waals surface area contributed by atoms with Crippen LogP contribution in [0.1, 0.15) is 24.0 Å². The molecule has 2 saturated heterocycles. The van der Waals surface area contributed by atoms with Crippen LogP contribution in [-0.2, 0) is 6.54 Å². The van der Waals surface area contributed by atoms with Gasteiger partial charge in [-0.3, -0.25) is 9.36 Å². The topological polar surface area (TPSA) is 89.2 Å². The number of nitrogens with zero attached hydrogens (tertiary/aromatic N) is 5. The van der Waals surface area contributed by atoms with Crippen LogP contribution in [0.2, 0.25) is 0 Å². The molecule has 0 saturated carbocycles. The predicted molar refractivity (Wildman–Crippen MR) is 132 cm³/mol. The number of halogens is 2. The van der Waals surface area contributed by atoms with Crippen LogP contribution in [0.3, 0.4) is 0 Å². The van der Waals surface area contributed by atoms with Crippen LogP contribution >= 0.6 is 0 Å². The van der Waals surface area contributed by atoms with E-state index in [0.717, 1.165) is 30.6 Å². The second-order valence-corrected chi connectivity index (χ2v) is 9.57. The summed E-state index contributed by atoms with van der Waals surface area (Å²) in [5.74, 6) is -1.17. The summed E-state index contributed by atoms with van der Waals surface area (Å²) in [5.41, 5.74) is 4.86. The van der Waals surface area contributed by atoms with E-state index in [1.54, 1.807) is 6.07 Å². The van der Waals surface area contributed by atoms with Gasteiger partial charge in [-0.25, -0.2) is 14.8 Å². The van der Waals surface area contributed by atoms with Gasteiger partial charge in [0.1, 0.15) is 17.7 Å². The Bertz CT molecular complexity index is 1460. The lowest BCUT2D eigenvalue weighted by molar-refractivity contribution is 0.371. The summed E-state index contributed by atoms with van der Waals surface area (Å²) in [6.45, 7) is 2.66. The molecule has 1 aromatic heterocycles. The number of piperidine rings is 1. The van der Waals surface area contributed by atoms with Gasteiger partial charge in [0.2, 0.25) is 5.82 Å². The molecule has 2 aromatic carbocycles. The van der Waals surface area contributed by atoms with Crippen molar-refractivity contribution in [1.29, 1.82) is 5.26 Å². The Morgan fingerprint density at radius 1 is 1.17 bits per heavy atom. The molecule has 0 aliphatic carbocycles. The number of hydrogen-bond donors (Lipinski definition) is 2. The van der Waals surface area contributed by atoms with Crippen LogP contribution < -0.4 is 26.2 Å². The van der Waals surface area contributed by atoms with Crippen LogP contribution in [0.4, 0.5) is 20.3 Å². The minimum Gasteiger partial charge on any atom is -0.354 e. The number of aromatic nitrogens is 2. The molecule has 3 aliphatic rings. The fraction of sp³-hybridized carbons (Fsp3) is 0.346. The molecule has 2 N–H and O–H groups in total. The number of nitrogens with one attached hydrogen (secondary N) is 2. The third-order valence-corrected chi connectivity index (χ3v) is 7.50. The number of benzene rings is 2. The number of fused-ring (bicyclic) bond motifs is 2. The monoisotopic (exact) mass is 489 g/mol. The molecule has 0 radical (unpaired) electrons. The molecule has 0 spiro atoms. The standard InChI is InChI=1S/C26H25F2N7O/c1-33-22-5-4-19(10-18(22)13-31-33)35-24(15-2-3-16(12-29)20(27)11-15)32-25(23(28)26(35)36)34-9-7-21-17(14-34)6-8-30-21/h2-5,10-11,17,21,30-31H,6-9,13-14H2,1H3. The molecule has 4 heterocycles. The largest absolute Gasteiger partial charge is 0.354 e. The predicted octanol–water partition coefficient (Wildman–Crippen LogP) is 2.69. The lowest BCUT2D eigenvalue weighted by atomic mass is 9.93. The molecule has 0 bridgehead atoms. The van der Waals surface area contributed by atoms with E-state index in [0.29, 0.717) is 37.3 Å². The second kappa shape index (κ2) is 8.69. The van der Waals surface area contributed by atoms with Crippen molar-refractivity contribution in [3.8, 4) is 23.1 Å². The van der Waals surface area contributed by atoms with Crippen molar-refractivity contribution in [3.05, 3.63) is 69.5 Å². The van der Waals surface area contributed by atoms with Crippen molar-refractivity contribution < 1.29 is 8.78 Å². The summed E-state index contributed by atoms with van der Waals surface area (Å²) in [5, 5.41) is 14.5. The van der Waals surface area contributed by atoms with Gasteiger partial charge in [-0.05, 0) is 67.3 Å². The number of anilines is 2. The molecular weight excluding hydrogens is 464 g/mol. The smallest absolute Gasteiger partial charge is 0.296 e. The molecular formula is C26H25F2N7O. The quantitative estimate of drug-likeness (QED) is 0.585. The Morgan fingerprint density at radius 2 is 2.03 bits per heavy atom. The van der Waals surface area contributed by atoms with E-state index in [1.807, 2.05) is 35.2 Å². The molecule has 2 atom stereocenters. The molecule has 36 heavy (non-hydrogen) atoms. The summed E-state index contributed by atoms with van der Waals surface area (Å²) in [6.07, 6.45) is 1.83. The first-order chi connectivity index (χ1) is 17.4. The number of hydrogen-bond acceptors (Lipinski definition) is 7. The second-order valence-electron chi connectivity index (χ2n) is 9.57. The molecule has 3 aromatic rings. The molecule has 8 nitrogen and oxygen atoms in total. The van der Waals surface area contributed by atoms with Crippen LogP contribution in [0.25, 0.3) is 17.1 Å². The lowest BCUT2D eigenvalue weighted by Crippen LogP contribution is -2.46. The minimum absolute atomic E-state index is 0.0103. The number of hydrazine groups is 1. The maximum atomic E-state index is 15.7. The zero-order valence-electron chi connectivity index (χ0n) is 19.8. The molecule has 6 rings (SSSR count). The van der Waals surface area contributed by atoms with Gasteiger partial charge >= 0.3 is 0 Å². The normalized spacial score (nSPS) is 20.8. The van der Waals surface area contributed by atoms with E-state index in [4.69, 9.17) is 5.26 Å². The summed E-state index contributed by atoms with van der Waals surface area (Å²) >= 11 is 0. The van der Waals surface area contributed by atoms with Crippen molar-refractivity contribution >= 4 is 11.5 Å². The Kier molecular flexibility index (Phi) is 5.47. The maximum absolute atomic E-state index is 15.7. The summed E-state index contributed by atoms with van der Waals surface area (Å²) in [4.78, 5) is 20.0. The zero-order valence-corrected chi connectivity index (χ0v) is 19.8. The van der Waals surface area contributed by atoms with Crippen LogP contribution in [-0.4, -0.2) is 42.3 Å². The molecule has 10 heteroatoms. The van der Waals surface area contributed by atoms with Gasteiger partial charge < -0.3 is 15.2 Å². The van der Waals surface area contributed by atoms with E-state index >= 15 is 4.39 Å². The molecule has 2 unspecified atom stereocenters. The van der Waals surface area contributed by atoms with E-state index in [9.17, 15) is 9.18 Å². The molecule has 0 amide bonds. The number of nitriles is 1. The number of rotatable bonds is 3. The highest BCUT2D eigenvalue weighted by Gasteiger charge is 2.35. The minimum atomic E-state index is -0.923. The maximum Gasteiger partial charge on any atom is 0.296 e. The Hall–Kier alpha value is -3.81. The molecule has 2 fully saturated rings. The lowest BCUT2D eigenvalue weighted by Gasteiger charge is -2.36. The van der Waals surface area contributed by atoms with Crippen molar-refractivity contribution in [2.75, 3.05) is 36.6 Å². The van der Waals surface area contributed by atoms with Gasteiger partial charge in [0.15, 0.2) is 5.82 Å². The van der Waals surface area contributed by atoms with Gasteiger partial charge in [-0.15, -0.1) is 0 Å². The van der Waals surface area contributed by atoms with E-state index in [-0.39, 0.29) is 22.8 Å². The third-order valence-electron chi connectivity index (χ3n) is 7.50. The zero-order chi connectivity index (χ0) is 25.0. The Balaban J connectivity index is 1.53. The summed E-state index contributed by atoms with van der Waals surface area (Å²) in [7, 11) is 1.89. The van der Waals surface area contributed by atoms with Crippen LogP contribution in [0, 0.1) is 28.9 Å². The van der Waals surface area contributed by atoms with Gasteiger partial charge in [-0.1, -0.05) is 0 Å². The third kappa shape index (κ3) is 3.63. The first-order valence-electron chi connectivity index (χ1n) is 12.1. The highest BCUT2D eigenvalue weighted by molar-refractivity contribution is 5.65. The summed E-state index contributed by atoms with van der Waals surface area (Å²) in [6, 6.07) is 11.7. The fourth-order valence-electron chi connectivity index (χ4n) is 5.59.